The Morgan fingerprint density at radius 1 is 1.04 bits per heavy atom. The summed E-state index contributed by atoms with van der Waals surface area (Å²) in [6, 6.07) is 18.0. The number of carboxylic acids is 1. The van der Waals surface area contributed by atoms with Gasteiger partial charge in [-0.15, -0.1) is 11.8 Å². The van der Waals surface area contributed by atoms with E-state index in [4.69, 9.17) is 0 Å². The molecule has 3 rings (SSSR count). The summed E-state index contributed by atoms with van der Waals surface area (Å²) in [5, 5.41) is 14.0. The van der Waals surface area contributed by atoms with Crippen LogP contribution in [-0.4, -0.2) is 27.3 Å². The second kappa shape index (κ2) is 9.61. The lowest BCUT2D eigenvalue weighted by atomic mass is 10.1. The van der Waals surface area contributed by atoms with Crippen molar-refractivity contribution in [1.29, 1.82) is 0 Å². The van der Waals surface area contributed by atoms with Crippen LogP contribution in [0.2, 0.25) is 0 Å². The summed E-state index contributed by atoms with van der Waals surface area (Å²) >= 11 is 2.80. The molecule has 3 aromatic rings. The maximum absolute atomic E-state index is 12.0. The molecular formula is C21H21N3O2S2. The summed E-state index contributed by atoms with van der Waals surface area (Å²) in [5.74, 6) is -0.0406. The molecule has 0 amide bonds. The van der Waals surface area contributed by atoms with Crippen molar-refractivity contribution in [3.8, 4) is 0 Å². The van der Waals surface area contributed by atoms with Crippen molar-refractivity contribution in [2.45, 2.75) is 29.4 Å². The van der Waals surface area contributed by atoms with Gasteiger partial charge in [-0.1, -0.05) is 71.9 Å². The number of benzene rings is 2. The van der Waals surface area contributed by atoms with Crippen LogP contribution in [0.15, 0.2) is 64.8 Å². The van der Waals surface area contributed by atoms with Gasteiger partial charge in [0.25, 0.3) is 0 Å². The zero-order valence-electron chi connectivity index (χ0n) is 15.7. The fourth-order valence-corrected chi connectivity index (χ4v) is 3.95. The average molecular weight is 412 g/mol. The van der Waals surface area contributed by atoms with Crippen LogP contribution in [0.3, 0.4) is 0 Å². The van der Waals surface area contributed by atoms with Crippen LogP contribution in [0.4, 0.5) is 5.82 Å². The highest BCUT2D eigenvalue weighted by atomic mass is 32.2. The lowest BCUT2D eigenvalue weighted by Crippen LogP contribution is -2.12. The Labute approximate surface area is 173 Å². The summed E-state index contributed by atoms with van der Waals surface area (Å²) in [6.07, 6.45) is 1.88. The molecule has 28 heavy (non-hydrogen) atoms. The van der Waals surface area contributed by atoms with E-state index >= 15 is 0 Å². The van der Waals surface area contributed by atoms with Gasteiger partial charge in [-0.25, -0.2) is 14.8 Å². The third-order valence-corrected chi connectivity index (χ3v) is 5.64. The first-order valence-electron chi connectivity index (χ1n) is 8.72. The maximum Gasteiger partial charge on any atom is 0.342 e. The number of carbonyl (C=O) groups is 1. The normalized spacial score (nSPS) is 10.6. The molecule has 5 nitrogen and oxygen atoms in total. The number of thioether (sulfide) groups is 2. The number of nitrogens with one attached hydrogen (secondary N) is 1. The van der Waals surface area contributed by atoms with Crippen LogP contribution < -0.4 is 5.32 Å². The number of carboxylic acid groups (broad SMARTS) is 1. The standard InChI is InChI=1S/C21H21N3O2S2/c1-14-8-10-15(11-9-14)12-22-18-17(20(25)26)19(24-21(23-18)27-2)28-13-16-6-4-3-5-7-16/h3-11H,12-13H2,1-2H3,(H,25,26)(H,22,23,24). The lowest BCUT2D eigenvalue weighted by molar-refractivity contribution is 0.0692. The quantitative estimate of drug-likeness (QED) is 0.303. The van der Waals surface area contributed by atoms with E-state index < -0.39 is 5.97 Å². The topological polar surface area (TPSA) is 75.1 Å². The van der Waals surface area contributed by atoms with Crippen LogP contribution in [-0.2, 0) is 12.3 Å². The number of aromatic carboxylic acids is 1. The van der Waals surface area contributed by atoms with Gasteiger partial charge in [0, 0.05) is 12.3 Å². The van der Waals surface area contributed by atoms with Crippen LogP contribution in [0.5, 0.6) is 0 Å². The number of aromatic nitrogens is 2. The number of anilines is 1. The predicted molar refractivity (Wildman–Crippen MR) is 115 cm³/mol. The van der Waals surface area contributed by atoms with Gasteiger partial charge in [0.2, 0.25) is 0 Å². The van der Waals surface area contributed by atoms with Crippen LogP contribution in [0, 0.1) is 6.92 Å². The summed E-state index contributed by atoms with van der Waals surface area (Å²) in [4.78, 5) is 20.8. The maximum atomic E-state index is 12.0. The van der Waals surface area contributed by atoms with Crippen LogP contribution >= 0.6 is 23.5 Å². The van der Waals surface area contributed by atoms with E-state index in [2.05, 4.69) is 15.3 Å². The summed E-state index contributed by atoms with van der Waals surface area (Å²) < 4.78 is 0. The van der Waals surface area contributed by atoms with Crippen LogP contribution in [0.1, 0.15) is 27.0 Å². The highest BCUT2D eigenvalue weighted by Crippen LogP contribution is 2.30. The van der Waals surface area contributed by atoms with E-state index in [0.717, 1.165) is 11.1 Å². The molecule has 0 fully saturated rings. The zero-order valence-corrected chi connectivity index (χ0v) is 17.3. The Bertz CT molecular complexity index is 948. The average Bonchev–Trinajstić information content (AvgIpc) is 2.71. The minimum absolute atomic E-state index is 0.117. The molecule has 2 aromatic carbocycles. The van der Waals surface area contributed by atoms with Gasteiger partial charge in [0.05, 0.1) is 0 Å². The number of hydrogen-bond acceptors (Lipinski definition) is 6. The number of rotatable bonds is 8. The van der Waals surface area contributed by atoms with Crippen molar-refractivity contribution >= 4 is 35.3 Å². The van der Waals surface area contributed by atoms with Gasteiger partial charge in [0.15, 0.2) is 5.16 Å². The Morgan fingerprint density at radius 3 is 2.39 bits per heavy atom. The van der Waals surface area contributed by atoms with Crippen molar-refractivity contribution in [3.63, 3.8) is 0 Å². The minimum atomic E-state index is -1.03. The molecule has 2 N–H and O–H groups in total. The molecule has 0 aliphatic heterocycles. The van der Waals surface area contributed by atoms with Gasteiger partial charge < -0.3 is 10.4 Å². The molecule has 0 saturated heterocycles. The molecule has 0 unspecified atom stereocenters. The molecular weight excluding hydrogens is 390 g/mol. The third-order valence-electron chi connectivity index (χ3n) is 4.05. The van der Waals surface area contributed by atoms with Crippen molar-refractivity contribution < 1.29 is 9.90 Å². The molecule has 0 bridgehead atoms. The highest BCUT2D eigenvalue weighted by molar-refractivity contribution is 7.99. The Kier molecular flexibility index (Phi) is 6.95. The SMILES string of the molecule is CSc1nc(NCc2ccc(C)cc2)c(C(=O)O)c(SCc2ccccc2)n1. The fourth-order valence-electron chi connectivity index (χ4n) is 2.55. The predicted octanol–water partition coefficient (Wildman–Crippen LogP) is 5.11. The van der Waals surface area contributed by atoms with E-state index in [-0.39, 0.29) is 5.56 Å². The summed E-state index contributed by atoms with van der Waals surface area (Å²) in [6.45, 7) is 2.53. The zero-order chi connectivity index (χ0) is 19.9. The first-order chi connectivity index (χ1) is 13.6. The van der Waals surface area contributed by atoms with Crippen molar-refractivity contribution in [2.75, 3.05) is 11.6 Å². The smallest absolute Gasteiger partial charge is 0.342 e. The Morgan fingerprint density at radius 2 is 1.75 bits per heavy atom. The number of nitrogens with zero attached hydrogens (tertiary/aromatic N) is 2. The van der Waals surface area contributed by atoms with Gasteiger partial charge in [-0.05, 0) is 24.3 Å². The highest BCUT2D eigenvalue weighted by Gasteiger charge is 2.21. The van der Waals surface area contributed by atoms with Crippen molar-refractivity contribution in [1.82, 2.24) is 9.97 Å². The molecule has 7 heteroatoms. The second-order valence-corrected chi connectivity index (χ2v) is 7.90. The first-order valence-corrected chi connectivity index (χ1v) is 10.9. The monoisotopic (exact) mass is 411 g/mol. The van der Waals surface area contributed by atoms with Gasteiger partial charge in [0.1, 0.15) is 16.4 Å². The van der Waals surface area contributed by atoms with Gasteiger partial charge >= 0.3 is 5.97 Å². The molecule has 0 spiro atoms. The molecule has 1 aromatic heterocycles. The number of aryl methyl sites for hydroxylation is 1. The molecule has 0 aliphatic rings. The Balaban J connectivity index is 1.87. The van der Waals surface area contributed by atoms with Crippen LogP contribution in [0.25, 0.3) is 0 Å². The summed E-state index contributed by atoms with van der Waals surface area (Å²) in [7, 11) is 0. The fraction of sp³-hybridized carbons (Fsp3) is 0.190. The summed E-state index contributed by atoms with van der Waals surface area (Å²) in [5.41, 5.74) is 3.47. The van der Waals surface area contributed by atoms with Gasteiger partial charge in [-0.3, -0.25) is 0 Å². The molecule has 0 atom stereocenters. The first kappa shape index (κ1) is 20.2. The largest absolute Gasteiger partial charge is 0.477 e. The molecule has 0 saturated carbocycles. The number of hydrogen-bond donors (Lipinski definition) is 2. The van der Waals surface area contributed by atoms with Gasteiger partial charge in [-0.2, -0.15) is 0 Å². The molecule has 144 valence electrons. The van der Waals surface area contributed by atoms with E-state index in [0.29, 0.717) is 28.3 Å². The van der Waals surface area contributed by atoms with E-state index in [1.807, 2.05) is 67.8 Å². The van der Waals surface area contributed by atoms with E-state index in [1.165, 1.54) is 29.1 Å². The third kappa shape index (κ3) is 5.27. The van der Waals surface area contributed by atoms with Crippen molar-refractivity contribution in [3.05, 3.63) is 76.9 Å². The lowest BCUT2D eigenvalue weighted by Gasteiger charge is -2.13. The second-order valence-electron chi connectivity index (χ2n) is 6.16. The molecule has 0 aliphatic carbocycles. The van der Waals surface area contributed by atoms with E-state index in [1.54, 1.807) is 0 Å². The Hall–Kier alpha value is -2.51. The molecule has 1 heterocycles. The van der Waals surface area contributed by atoms with E-state index in [9.17, 15) is 9.90 Å². The molecule has 0 radical (unpaired) electrons. The van der Waals surface area contributed by atoms with Crippen molar-refractivity contribution in [2.24, 2.45) is 0 Å². The minimum Gasteiger partial charge on any atom is -0.477 e.